The minimum Gasteiger partial charge on any atom is -0.497 e. The summed E-state index contributed by atoms with van der Waals surface area (Å²) in [5, 5.41) is 23.1. The summed E-state index contributed by atoms with van der Waals surface area (Å²) in [7, 11) is 3.24. The zero-order chi connectivity index (χ0) is 36.0. The van der Waals surface area contributed by atoms with Crippen molar-refractivity contribution in [3.8, 4) is 23.4 Å². The van der Waals surface area contributed by atoms with E-state index in [-0.39, 0.29) is 49.7 Å². The van der Waals surface area contributed by atoms with Gasteiger partial charge in [0.05, 0.1) is 45.7 Å². The van der Waals surface area contributed by atoms with Crippen LogP contribution in [0.2, 0.25) is 0 Å². The Balaban J connectivity index is 1.33. The summed E-state index contributed by atoms with van der Waals surface area (Å²) < 4.78 is 31.8. The molecule has 13 nitrogen and oxygen atoms in total. The lowest BCUT2D eigenvalue weighted by atomic mass is 9.80. The van der Waals surface area contributed by atoms with Crippen molar-refractivity contribution < 1.29 is 33.6 Å². The minimum atomic E-state index is -1.10. The van der Waals surface area contributed by atoms with E-state index in [2.05, 4.69) is 20.3 Å². The van der Waals surface area contributed by atoms with E-state index in [0.717, 1.165) is 16.7 Å². The second kappa shape index (κ2) is 15.6. The Bertz CT molecular complexity index is 1930. The summed E-state index contributed by atoms with van der Waals surface area (Å²) in [6, 6.07) is 27.3. The number of anilines is 1. The number of nitrogens with zero attached hydrogens (tertiary/aromatic N) is 5. The molecule has 13 heteroatoms. The zero-order valence-electron chi connectivity index (χ0n) is 28.9. The van der Waals surface area contributed by atoms with Gasteiger partial charge in [0.1, 0.15) is 36.0 Å². The van der Waals surface area contributed by atoms with Gasteiger partial charge in [0.15, 0.2) is 11.2 Å². The first-order valence-electron chi connectivity index (χ1n) is 16.6. The van der Waals surface area contributed by atoms with Crippen molar-refractivity contribution in [1.29, 1.82) is 5.26 Å². The van der Waals surface area contributed by atoms with Crippen LogP contribution in [0.4, 0.5) is 5.95 Å². The third-order valence-electron chi connectivity index (χ3n) is 8.75. The fraction of sp³-hybridized carbons (Fsp3) is 0.342. The molecule has 1 amide bonds. The van der Waals surface area contributed by atoms with Crippen molar-refractivity contribution >= 4 is 23.0 Å². The molecule has 2 N–H and O–H groups in total. The largest absolute Gasteiger partial charge is 0.497 e. The molecule has 0 bridgehead atoms. The van der Waals surface area contributed by atoms with Gasteiger partial charge in [-0.15, -0.1) is 0 Å². The number of benzene rings is 3. The number of rotatable bonds is 14. The van der Waals surface area contributed by atoms with E-state index in [0.29, 0.717) is 22.7 Å². The number of nitrogens with one attached hydrogen (secondary N) is 1. The van der Waals surface area contributed by atoms with Crippen LogP contribution in [0.15, 0.2) is 85.2 Å². The van der Waals surface area contributed by atoms with Gasteiger partial charge in [-0.05, 0) is 41.0 Å². The van der Waals surface area contributed by atoms with Crippen LogP contribution < -0.4 is 19.5 Å². The Morgan fingerprint density at radius 3 is 2.22 bits per heavy atom. The summed E-state index contributed by atoms with van der Waals surface area (Å²) in [6.45, 7) is 3.61. The highest BCUT2D eigenvalue weighted by Gasteiger charge is 2.42. The van der Waals surface area contributed by atoms with Crippen molar-refractivity contribution in [2.24, 2.45) is 5.92 Å². The molecule has 3 atom stereocenters. The van der Waals surface area contributed by atoms with Crippen LogP contribution in [0, 0.1) is 17.2 Å². The van der Waals surface area contributed by atoms with Gasteiger partial charge in [-0.25, -0.2) is 4.98 Å². The maximum atomic E-state index is 12.5. The molecule has 0 radical (unpaired) electrons. The quantitative estimate of drug-likeness (QED) is 0.113. The third kappa shape index (κ3) is 7.34. The van der Waals surface area contributed by atoms with Crippen LogP contribution in [0.1, 0.15) is 49.6 Å². The SMILES string of the molecule is COc1ccc(C(OCC2OC(n3cnc4c(OCCC#N)nc(NC(=O)C(C)C)nc43)CC2O)(c2ccccc2)c2ccc(OC)cc2)cc1. The molecular weight excluding hydrogens is 652 g/mol. The van der Waals surface area contributed by atoms with Gasteiger partial charge in [-0.3, -0.25) is 14.7 Å². The average Bonchev–Trinajstić information content (AvgIpc) is 3.75. The molecular formula is C38H40N6O7. The molecule has 3 heterocycles. The standard InChI is InChI=1S/C38H40N6O7/c1-24(2)35(46)42-37-41-34-33(36(43-37)49-20-8-19-39)40-23-44(34)32-21-30(45)31(51-32)22-50-38(25-9-6-5-7-10-25,26-11-15-28(47-3)16-12-26)27-13-17-29(48-4)18-14-27/h5-7,9-18,23-24,30-32,45H,8,20-22H2,1-4H3,(H,41,42,43,46). The zero-order valence-corrected chi connectivity index (χ0v) is 28.9. The number of hydrogen-bond acceptors (Lipinski definition) is 11. The molecule has 264 valence electrons. The first kappa shape index (κ1) is 35.3. The van der Waals surface area contributed by atoms with E-state index in [9.17, 15) is 9.90 Å². The predicted octanol–water partition coefficient (Wildman–Crippen LogP) is 5.39. The fourth-order valence-electron chi connectivity index (χ4n) is 6.02. The Morgan fingerprint density at radius 2 is 1.63 bits per heavy atom. The molecule has 1 aliphatic heterocycles. The molecule has 2 aromatic heterocycles. The predicted molar refractivity (Wildman–Crippen MR) is 187 cm³/mol. The van der Waals surface area contributed by atoms with Crippen LogP contribution in [0.5, 0.6) is 17.4 Å². The van der Waals surface area contributed by atoms with Gasteiger partial charge in [0, 0.05) is 12.3 Å². The fourth-order valence-corrected chi connectivity index (χ4v) is 6.02. The first-order chi connectivity index (χ1) is 24.8. The number of aromatic nitrogens is 4. The molecule has 6 rings (SSSR count). The maximum absolute atomic E-state index is 12.5. The Hall–Kier alpha value is -5.55. The van der Waals surface area contributed by atoms with E-state index in [1.54, 1.807) is 32.6 Å². The summed E-state index contributed by atoms with van der Waals surface area (Å²) in [5.41, 5.74) is 2.14. The van der Waals surface area contributed by atoms with Crippen molar-refractivity contribution in [1.82, 2.24) is 19.5 Å². The molecule has 3 aromatic carbocycles. The molecule has 1 fully saturated rings. The first-order valence-corrected chi connectivity index (χ1v) is 16.6. The maximum Gasteiger partial charge on any atom is 0.247 e. The molecule has 3 unspecified atom stereocenters. The van der Waals surface area contributed by atoms with Crippen molar-refractivity contribution in [2.45, 2.75) is 50.7 Å². The smallest absolute Gasteiger partial charge is 0.247 e. The third-order valence-corrected chi connectivity index (χ3v) is 8.75. The van der Waals surface area contributed by atoms with Crippen LogP contribution in [-0.2, 0) is 19.9 Å². The lowest BCUT2D eigenvalue weighted by Crippen LogP contribution is -2.38. The number of amides is 1. The molecule has 0 saturated carbocycles. The van der Waals surface area contributed by atoms with E-state index in [1.807, 2.05) is 84.9 Å². The molecule has 0 aliphatic carbocycles. The lowest BCUT2D eigenvalue weighted by molar-refractivity contribution is -0.118. The number of fused-ring (bicyclic) bond motifs is 1. The minimum absolute atomic E-state index is 0.0183. The Morgan fingerprint density at radius 1 is 1.00 bits per heavy atom. The molecule has 1 aliphatic rings. The normalized spacial score (nSPS) is 17.3. The monoisotopic (exact) mass is 692 g/mol. The molecule has 5 aromatic rings. The van der Waals surface area contributed by atoms with Gasteiger partial charge in [-0.1, -0.05) is 68.4 Å². The van der Waals surface area contributed by atoms with E-state index < -0.39 is 24.0 Å². The molecule has 51 heavy (non-hydrogen) atoms. The van der Waals surface area contributed by atoms with Gasteiger partial charge in [0.25, 0.3) is 0 Å². The topological polar surface area (TPSA) is 163 Å². The Labute approximate surface area is 295 Å². The number of aliphatic hydroxyl groups excluding tert-OH is 1. The van der Waals surface area contributed by atoms with Crippen molar-refractivity contribution in [3.05, 3.63) is 102 Å². The van der Waals surface area contributed by atoms with Gasteiger partial charge in [0.2, 0.25) is 17.7 Å². The highest BCUT2D eigenvalue weighted by atomic mass is 16.6. The summed E-state index contributed by atoms with van der Waals surface area (Å²) in [6.07, 6.45) is -0.431. The number of imidazole rings is 1. The Kier molecular flexibility index (Phi) is 10.8. The number of hydrogen-bond donors (Lipinski definition) is 2. The number of aliphatic hydroxyl groups is 1. The van der Waals surface area contributed by atoms with Gasteiger partial charge < -0.3 is 28.8 Å². The highest BCUT2D eigenvalue weighted by Crippen LogP contribution is 2.43. The number of ether oxygens (including phenoxy) is 5. The van der Waals surface area contributed by atoms with E-state index in [1.165, 1.54) is 6.33 Å². The number of nitriles is 1. The summed E-state index contributed by atoms with van der Waals surface area (Å²) in [5.74, 6) is 0.969. The summed E-state index contributed by atoms with van der Waals surface area (Å²) >= 11 is 0. The molecule has 1 saturated heterocycles. The average molecular weight is 693 g/mol. The van der Waals surface area contributed by atoms with Gasteiger partial charge >= 0.3 is 0 Å². The van der Waals surface area contributed by atoms with Crippen LogP contribution in [0.25, 0.3) is 11.2 Å². The number of carbonyl (C=O) groups is 1. The molecule has 0 spiro atoms. The second-order valence-corrected chi connectivity index (χ2v) is 12.3. The van der Waals surface area contributed by atoms with Crippen molar-refractivity contribution in [3.63, 3.8) is 0 Å². The van der Waals surface area contributed by atoms with Crippen LogP contribution in [-0.4, -0.2) is 70.2 Å². The lowest BCUT2D eigenvalue weighted by Gasteiger charge is -2.37. The van der Waals surface area contributed by atoms with Gasteiger partial charge in [-0.2, -0.15) is 15.2 Å². The summed E-state index contributed by atoms with van der Waals surface area (Å²) in [4.78, 5) is 25.9. The van der Waals surface area contributed by atoms with Crippen molar-refractivity contribution in [2.75, 3.05) is 32.8 Å². The number of carbonyl (C=O) groups excluding carboxylic acids is 1. The van der Waals surface area contributed by atoms with E-state index in [4.69, 9.17) is 28.9 Å². The van der Waals surface area contributed by atoms with Crippen LogP contribution >= 0.6 is 0 Å². The number of methoxy groups -OCH3 is 2. The van der Waals surface area contributed by atoms with E-state index >= 15 is 0 Å². The second-order valence-electron chi connectivity index (χ2n) is 12.3. The van der Waals surface area contributed by atoms with Crippen LogP contribution in [0.3, 0.4) is 0 Å². The highest BCUT2D eigenvalue weighted by molar-refractivity contribution is 5.91.